The Morgan fingerprint density at radius 1 is 1.10 bits per heavy atom. The highest BCUT2D eigenvalue weighted by atomic mass is 32.1. The number of halogens is 2. The minimum atomic E-state index is -0.709. The molecule has 0 unspecified atom stereocenters. The Balaban J connectivity index is 2.05. The Bertz CT molecular complexity index is 634. The number of rotatable bonds is 3. The molecule has 0 radical (unpaired) electrons. The Morgan fingerprint density at radius 2 is 1.90 bits per heavy atom. The molecule has 0 bridgehead atoms. The Morgan fingerprint density at radius 3 is 2.60 bits per heavy atom. The van der Waals surface area contributed by atoms with Crippen LogP contribution < -0.4 is 15.4 Å². The van der Waals surface area contributed by atoms with Gasteiger partial charge in [-0.25, -0.2) is 8.78 Å². The van der Waals surface area contributed by atoms with Crippen LogP contribution >= 0.6 is 12.2 Å². The molecule has 2 rings (SSSR count). The Hall–Kier alpha value is -2.21. The molecule has 0 aliphatic heterocycles. The number of anilines is 2. The molecule has 0 aliphatic carbocycles. The molecule has 0 spiro atoms. The van der Waals surface area contributed by atoms with Gasteiger partial charge in [-0.05, 0) is 36.5 Å². The van der Waals surface area contributed by atoms with Gasteiger partial charge in [0, 0.05) is 17.8 Å². The summed E-state index contributed by atoms with van der Waals surface area (Å²) < 4.78 is 31.3. The first-order valence-electron chi connectivity index (χ1n) is 5.75. The minimum Gasteiger partial charge on any atom is -0.497 e. The third kappa shape index (κ3) is 3.64. The molecule has 104 valence electrons. The number of benzene rings is 2. The first kappa shape index (κ1) is 14.2. The van der Waals surface area contributed by atoms with Gasteiger partial charge in [0.25, 0.3) is 0 Å². The van der Waals surface area contributed by atoms with E-state index < -0.39 is 11.6 Å². The molecule has 0 aromatic heterocycles. The van der Waals surface area contributed by atoms with Gasteiger partial charge >= 0.3 is 0 Å². The molecule has 2 aromatic carbocycles. The number of thiocarbonyl (C=S) groups is 1. The van der Waals surface area contributed by atoms with E-state index in [4.69, 9.17) is 17.0 Å². The zero-order valence-electron chi connectivity index (χ0n) is 10.6. The van der Waals surface area contributed by atoms with Crippen LogP contribution in [0.2, 0.25) is 0 Å². The van der Waals surface area contributed by atoms with Crippen LogP contribution in [-0.2, 0) is 0 Å². The summed E-state index contributed by atoms with van der Waals surface area (Å²) >= 11 is 5.07. The van der Waals surface area contributed by atoms with E-state index in [2.05, 4.69) is 10.6 Å². The van der Waals surface area contributed by atoms with Crippen molar-refractivity contribution in [1.29, 1.82) is 0 Å². The summed E-state index contributed by atoms with van der Waals surface area (Å²) in [5.74, 6) is -0.676. The molecule has 20 heavy (non-hydrogen) atoms. The number of ether oxygens (including phenoxy) is 1. The van der Waals surface area contributed by atoms with E-state index >= 15 is 0 Å². The molecule has 2 aromatic rings. The quantitative estimate of drug-likeness (QED) is 0.844. The van der Waals surface area contributed by atoms with Crippen molar-refractivity contribution in [3.8, 4) is 5.75 Å². The van der Waals surface area contributed by atoms with Gasteiger partial charge in [0.1, 0.15) is 17.4 Å². The fourth-order valence-corrected chi connectivity index (χ4v) is 1.80. The SMILES string of the molecule is COc1cccc(NC(=S)Nc2ccc(F)cc2F)c1. The van der Waals surface area contributed by atoms with Gasteiger partial charge < -0.3 is 15.4 Å². The highest BCUT2D eigenvalue weighted by molar-refractivity contribution is 7.80. The fraction of sp³-hybridized carbons (Fsp3) is 0.0714. The summed E-state index contributed by atoms with van der Waals surface area (Å²) in [5.41, 5.74) is 0.802. The first-order chi connectivity index (χ1) is 9.58. The molecular weight excluding hydrogens is 282 g/mol. The number of hydrogen-bond acceptors (Lipinski definition) is 2. The molecule has 0 amide bonds. The molecule has 6 heteroatoms. The molecule has 0 saturated heterocycles. The lowest BCUT2D eigenvalue weighted by atomic mass is 10.3. The van der Waals surface area contributed by atoms with Crippen molar-refractivity contribution >= 4 is 28.7 Å². The third-order valence-electron chi connectivity index (χ3n) is 2.51. The maximum absolute atomic E-state index is 13.5. The number of hydrogen-bond donors (Lipinski definition) is 2. The second-order valence-electron chi connectivity index (χ2n) is 3.94. The van der Waals surface area contributed by atoms with E-state index in [9.17, 15) is 8.78 Å². The van der Waals surface area contributed by atoms with Crippen LogP contribution in [0.1, 0.15) is 0 Å². The fourth-order valence-electron chi connectivity index (χ4n) is 1.58. The largest absolute Gasteiger partial charge is 0.497 e. The van der Waals surface area contributed by atoms with E-state index in [0.29, 0.717) is 11.4 Å². The van der Waals surface area contributed by atoms with Crippen LogP contribution in [0, 0.1) is 11.6 Å². The van der Waals surface area contributed by atoms with E-state index in [0.717, 1.165) is 12.1 Å². The summed E-state index contributed by atoms with van der Waals surface area (Å²) in [6.45, 7) is 0. The molecule has 2 N–H and O–H groups in total. The number of nitrogens with one attached hydrogen (secondary N) is 2. The maximum atomic E-state index is 13.5. The Kier molecular flexibility index (Phi) is 4.47. The predicted molar refractivity (Wildman–Crippen MR) is 79.2 cm³/mol. The van der Waals surface area contributed by atoms with Crippen LogP contribution in [0.4, 0.5) is 20.2 Å². The highest BCUT2D eigenvalue weighted by Crippen LogP contribution is 2.18. The molecule has 0 saturated carbocycles. The summed E-state index contributed by atoms with van der Waals surface area (Å²) in [5, 5.41) is 5.75. The molecule has 0 fully saturated rings. The van der Waals surface area contributed by atoms with Crippen LogP contribution in [0.15, 0.2) is 42.5 Å². The summed E-state index contributed by atoms with van der Waals surface area (Å²) in [6, 6.07) is 10.3. The van der Waals surface area contributed by atoms with Crippen molar-refractivity contribution in [1.82, 2.24) is 0 Å². The van der Waals surface area contributed by atoms with Crippen LogP contribution in [0.25, 0.3) is 0 Å². The molecule has 3 nitrogen and oxygen atoms in total. The van der Waals surface area contributed by atoms with Crippen molar-refractivity contribution in [2.24, 2.45) is 0 Å². The number of methoxy groups -OCH3 is 1. The average molecular weight is 294 g/mol. The van der Waals surface area contributed by atoms with E-state index in [1.54, 1.807) is 31.4 Å². The van der Waals surface area contributed by atoms with Crippen molar-refractivity contribution in [2.75, 3.05) is 17.7 Å². The van der Waals surface area contributed by atoms with Gasteiger partial charge in [-0.1, -0.05) is 6.07 Å². The zero-order valence-corrected chi connectivity index (χ0v) is 11.4. The van der Waals surface area contributed by atoms with Crippen molar-refractivity contribution < 1.29 is 13.5 Å². The van der Waals surface area contributed by atoms with Crippen molar-refractivity contribution in [3.05, 3.63) is 54.1 Å². The van der Waals surface area contributed by atoms with Crippen molar-refractivity contribution in [3.63, 3.8) is 0 Å². The summed E-state index contributed by atoms with van der Waals surface area (Å²) in [6.07, 6.45) is 0. The molecule has 0 heterocycles. The van der Waals surface area contributed by atoms with Gasteiger partial charge in [0.05, 0.1) is 12.8 Å². The zero-order chi connectivity index (χ0) is 14.5. The van der Waals surface area contributed by atoms with Crippen molar-refractivity contribution in [2.45, 2.75) is 0 Å². The normalized spacial score (nSPS) is 9.95. The predicted octanol–water partition coefficient (Wildman–Crippen LogP) is 3.78. The molecule has 0 aliphatic rings. The smallest absolute Gasteiger partial charge is 0.175 e. The lowest BCUT2D eigenvalue weighted by molar-refractivity contribution is 0.415. The van der Waals surface area contributed by atoms with Crippen LogP contribution in [0.3, 0.4) is 0 Å². The van der Waals surface area contributed by atoms with Gasteiger partial charge in [0.15, 0.2) is 5.11 Å². The lowest BCUT2D eigenvalue weighted by Crippen LogP contribution is -2.19. The topological polar surface area (TPSA) is 33.3 Å². The summed E-state index contributed by atoms with van der Waals surface area (Å²) in [7, 11) is 1.56. The van der Waals surface area contributed by atoms with Crippen LogP contribution in [0.5, 0.6) is 5.75 Å². The second-order valence-corrected chi connectivity index (χ2v) is 4.34. The molecular formula is C14H12F2N2OS. The highest BCUT2D eigenvalue weighted by Gasteiger charge is 2.06. The maximum Gasteiger partial charge on any atom is 0.175 e. The first-order valence-corrected chi connectivity index (χ1v) is 6.16. The van der Waals surface area contributed by atoms with Gasteiger partial charge in [0.2, 0.25) is 0 Å². The summed E-state index contributed by atoms with van der Waals surface area (Å²) in [4.78, 5) is 0. The standard InChI is InChI=1S/C14H12F2N2OS/c1-19-11-4-2-3-10(8-11)17-14(20)18-13-6-5-9(15)7-12(13)16/h2-8H,1H3,(H2,17,18,20). The average Bonchev–Trinajstić information content (AvgIpc) is 2.42. The monoisotopic (exact) mass is 294 g/mol. The second kappa shape index (κ2) is 6.29. The minimum absolute atomic E-state index is 0.104. The third-order valence-corrected chi connectivity index (χ3v) is 2.71. The van der Waals surface area contributed by atoms with Crippen LogP contribution in [-0.4, -0.2) is 12.2 Å². The van der Waals surface area contributed by atoms with Gasteiger partial charge in [-0.15, -0.1) is 0 Å². The van der Waals surface area contributed by atoms with Gasteiger partial charge in [-0.2, -0.15) is 0 Å². The lowest BCUT2D eigenvalue weighted by Gasteiger charge is -2.12. The Labute approximate surface area is 120 Å². The van der Waals surface area contributed by atoms with E-state index in [1.807, 2.05) is 0 Å². The van der Waals surface area contributed by atoms with E-state index in [1.165, 1.54) is 6.07 Å². The molecule has 0 atom stereocenters. The van der Waals surface area contributed by atoms with E-state index in [-0.39, 0.29) is 10.8 Å². The van der Waals surface area contributed by atoms with Gasteiger partial charge in [-0.3, -0.25) is 0 Å².